The maximum Gasteiger partial charge on any atom is 0.277 e. The third-order valence-corrected chi connectivity index (χ3v) is 4.82. The van der Waals surface area contributed by atoms with Crippen molar-refractivity contribution in [2.45, 2.75) is 17.6 Å². The van der Waals surface area contributed by atoms with Gasteiger partial charge in [0.05, 0.1) is 12.9 Å². The summed E-state index contributed by atoms with van der Waals surface area (Å²) in [5, 5.41) is 13.0. The Labute approximate surface area is 175 Å². The van der Waals surface area contributed by atoms with Crippen molar-refractivity contribution in [1.29, 1.82) is 0 Å². The second-order valence-electron chi connectivity index (χ2n) is 5.74. The summed E-state index contributed by atoms with van der Waals surface area (Å²) in [7, 11) is 1.61. The van der Waals surface area contributed by atoms with Crippen LogP contribution in [-0.2, 0) is 12.4 Å². The molecular formula is C19H15ClN4O4S. The first-order valence-electron chi connectivity index (χ1n) is 8.50. The zero-order valence-electron chi connectivity index (χ0n) is 15.2. The first kappa shape index (κ1) is 19.3. The molecule has 0 saturated carbocycles. The van der Waals surface area contributed by atoms with Gasteiger partial charge in [-0.05, 0) is 48.5 Å². The lowest BCUT2D eigenvalue weighted by Gasteiger charge is -2.02. The highest BCUT2D eigenvalue weighted by Gasteiger charge is 2.12. The summed E-state index contributed by atoms with van der Waals surface area (Å²) in [5.74, 6) is 3.19. The maximum absolute atomic E-state index is 5.84. The Hall–Kier alpha value is -3.04. The minimum Gasteiger partial charge on any atom is -0.497 e. The number of ether oxygens (including phenoxy) is 2. The highest BCUT2D eigenvalue weighted by molar-refractivity contribution is 7.98. The number of aromatic nitrogens is 4. The molecule has 8 nitrogen and oxygen atoms in total. The van der Waals surface area contributed by atoms with E-state index in [4.69, 9.17) is 30.0 Å². The quantitative estimate of drug-likeness (QED) is 0.370. The molecule has 2 heterocycles. The molecule has 0 bridgehead atoms. The van der Waals surface area contributed by atoms with Crippen LogP contribution in [0.15, 0.2) is 62.7 Å². The summed E-state index contributed by atoms with van der Waals surface area (Å²) in [6.07, 6.45) is 0. The Balaban J connectivity index is 1.30. The van der Waals surface area contributed by atoms with Gasteiger partial charge in [-0.3, -0.25) is 0 Å². The summed E-state index contributed by atoms with van der Waals surface area (Å²) in [6, 6.07) is 14.4. The number of nitrogens with zero attached hydrogens (tertiary/aromatic N) is 4. The standard InChI is InChI=1S/C19H15ClN4O4S/c1-25-14-6-2-12(3-7-14)18-21-16(24-28-18)11-29-19-23-22-17(27-19)10-26-15-8-4-13(20)5-9-15/h2-9H,10-11H2,1H3. The van der Waals surface area contributed by atoms with Crippen LogP contribution in [0.1, 0.15) is 11.7 Å². The predicted octanol–water partition coefficient (Wildman–Crippen LogP) is 4.65. The average Bonchev–Trinajstić information content (AvgIpc) is 3.41. The summed E-state index contributed by atoms with van der Waals surface area (Å²) < 4.78 is 21.6. The summed E-state index contributed by atoms with van der Waals surface area (Å²) >= 11 is 7.16. The van der Waals surface area contributed by atoms with Crippen LogP contribution in [0.4, 0.5) is 0 Å². The molecule has 0 N–H and O–H groups in total. The van der Waals surface area contributed by atoms with Crippen molar-refractivity contribution in [2.24, 2.45) is 0 Å². The zero-order valence-corrected chi connectivity index (χ0v) is 16.8. The van der Waals surface area contributed by atoms with E-state index in [2.05, 4.69) is 20.3 Å². The van der Waals surface area contributed by atoms with Crippen molar-refractivity contribution < 1.29 is 18.4 Å². The second-order valence-corrected chi connectivity index (χ2v) is 7.10. The van der Waals surface area contributed by atoms with Crippen LogP contribution in [0.2, 0.25) is 5.02 Å². The largest absolute Gasteiger partial charge is 0.497 e. The van der Waals surface area contributed by atoms with Gasteiger partial charge in [0.15, 0.2) is 12.4 Å². The summed E-state index contributed by atoms with van der Waals surface area (Å²) in [5.41, 5.74) is 0.814. The van der Waals surface area contributed by atoms with Crippen LogP contribution in [-0.4, -0.2) is 27.4 Å². The van der Waals surface area contributed by atoms with E-state index in [0.717, 1.165) is 11.3 Å². The van der Waals surface area contributed by atoms with Gasteiger partial charge in [0.2, 0.25) is 0 Å². The van der Waals surface area contributed by atoms with Crippen molar-refractivity contribution >= 4 is 23.4 Å². The Morgan fingerprint density at radius 1 is 1.00 bits per heavy atom. The molecular weight excluding hydrogens is 416 g/mol. The van der Waals surface area contributed by atoms with Gasteiger partial charge in [0.25, 0.3) is 17.0 Å². The molecule has 0 aliphatic heterocycles. The first-order valence-corrected chi connectivity index (χ1v) is 9.86. The first-order chi connectivity index (χ1) is 14.2. The molecule has 0 aliphatic rings. The second kappa shape index (κ2) is 8.97. The van der Waals surface area contributed by atoms with Gasteiger partial charge in [-0.25, -0.2) is 0 Å². The van der Waals surface area contributed by atoms with Crippen molar-refractivity contribution in [3.63, 3.8) is 0 Å². The van der Waals surface area contributed by atoms with E-state index in [1.54, 1.807) is 31.4 Å². The molecule has 10 heteroatoms. The molecule has 4 aromatic rings. The van der Waals surface area contributed by atoms with E-state index in [0.29, 0.717) is 39.4 Å². The number of thioether (sulfide) groups is 1. The molecule has 0 unspecified atom stereocenters. The molecule has 0 atom stereocenters. The van der Waals surface area contributed by atoms with Gasteiger partial charge in [0.1, 0.15) is 11.5 Å². The van der Waals surface area contributed by atoms with Crippen LogP contribution in [0.5, 0.6) is 11.5 Å². The fourth-order valence-electron chi connectivity index (χ4n) is 2.32. The maximum atomic E-state index is 5.84. The van der Waals surface area contributed by atoms with Crippen molar-refractivity contribution in [3.8, 4) is 23.0 Å². The van der Waals surface area contributed by atoms with E-state index in [1.165, 1.54) is 11.8 Å². The van der Waals surface area contributed by atoms with Crippen LogP contribution in [0.25, 0.3) is 11.5 Å². The number of methoxy groups -OCH3 is 1. The number of rotatable bonds is 8. The lowest BCUT2D eigenvalue weighted by molar-refractivity contribution is 0.252. The van der Waals surface area contributed by atoms with Crippen LogP contribution < -0.4 is 9.47 Å². The third-order valence-electron chi connectivity index (χ3n) is 3.75. The van der Waals surface area contributed by atoms with Crippen molar-refractivity contribution in [1.82, 2.24) is 20.3 Å². The smallest absolute Gasteiger partial charge is 0.277 e. The van der Waals surface area contributed by atoms with E-state index in [9.17, 15) is 0 Å². The number of hydrogen-bond donors (Lipinski definition) is 0. The van der Waals surface area contributed by atoms with Crippen LogP contribution in [0, 0.1) is 0 Å². The lowest BCUT2D eigenvalue weighted by atomic mass is 10.2. The number of hydrogen-bond acceptors (Lipinski definition) is 9. The molecule has 4 rings (SSSR count). The molecule has 0 aliphatic carbocycles. The van der Waals surface area contributed by atoms with Gasteiger partial charge in [-0.15, -0.1) is 10.2 Å². The topological polar surface area (TPSA) is 96.3 Å². The fourth-order valence-corrected chi connectivity index (χ4v) is 3.07. The SMILES string of the molecule is COc1ccc(-c2nc(CSc3nnc(COc4ccc(Cl)cc4)o3)no2)cc1. The van der Waals surface area contributed by atoms with Crippen LogP contribution >= 0.6 is 23.4 Å². The van der Waals surface area contributed by atoms with Gasteiger partial charge < -0.3 is 18.4 Å². The number of halogens is 1. The minimum absolute atomic E-state index is 0.166. The molecule has 0 spiro atoms. The van der Waals surface area contributed by atoms with Gasteiger partial charge in [-0.1, -0.05) is 28.5 Å². The molecule has 0 amide bonds. The molecule has 0 radical (unpaired) electrons. The van der Waals surface area contributed by atoms with E-state index < -0.39 is 0 Å². The molecule has 2 aromatic heterocycles. The normalized spacial score (nSPS) is 10.8. The summed E-state index contributed by atoms with van der Waals surface area (Å²) in [4.78, 5) is 4.38. The molecule has 148 valence electrons. The minimum atomic E-state index is 0.166. The average molecular weight is 431 g/mol. The third kappa shape index (κ3) is 5.07. The molecule has 2 aromatic carbocycles. The molecule has 0 saturated heterocycles. The summed E-state index contributed by atoms with van der Waals surface area (Å²) in [6.45, 7) is 0.166. The van der Waals surface area contributed by atoms with Gasteiger partial charge in [0, 0.05) is 10.6 Å². The monoisotopic (exact) mass is 430 g/mol. The zero-order chi connectivity index (χ0) is 20.1. The molecule has 29 heavy (non-hydrogen) atoms. The van der Waals surface area contributed by atoms with E-state index in [1.807, 2.05) is 24.3 Å². The Kier molecular flexibility index (Phi) is 5.97. The van der Waals surface area contributed by atoms with Crippen LogP contribution in [0.3, 0.4) is 0 Å². The van der Waals surface area contributed by atoms with Gasteiger partial charge >= 0.3 is 0 Å². The van der Waals surface area contributed by atoms with Crippen molar-refractivity contribution in [2.75, 3.05) is 7.11 Å². The van der Waals surface area contributed by atoms with Gasteiger partial charge in [-0.2, -0.15) is 4.98 Å². The Bertz CT molecular complexity index is 1070. The Morgan fingerprint density at radius 3 is 2.52 bits per heavy atom. The van der Waals surface area contributed by atoms with Crippen molar-refractivity contribution in [3.05, 3.63) is 65.3 Å². The highest BCUT2D eigenvalue weighted by atomic mass is 35.5. The highest BCUT2D eigenvalue weighted by Crippen LogP contribution is 2.24. The fraction of sp³-hybridized carbons (Fsp3) is 0.158. The van der Waals surface area contributed by atoms with E-state index in [-0.39, 0.29) is 6.61 Å². The molecule has 0 fully saturated rings. The Morgan fingerprint density at radius 2 is 1.76 bits per heavy atom. The predicted molar refractivity (Wildman–Crippen MR) is 106 cm³/mol. The lowest BCUT2D eigenvalue weighted by Crippen LogP contribution is -1.95. The number of benzene rings is 2. The van der Waals surface area contributed by atoms with E-state index >= 15 is 0 Å².